The van der Waals surface area contributed by atoms with Crippen LogP contribution in [-0.4, -0.2) is 37.8 Å². The zero-order valence-electron chi connectivity index (χ0n) is 12.8. The highest BCUT2D eigenvalue weighted by atomic mass is 15.3. The van der Waals surface area contributed by atoms with Gasteiger partial charge in [-0.2, -0.15) is 5.10 Å². The molecule has 0 amide bonds. The van der Waals surface area contributed by atoms with Gasteiger partial charge < -0.3 is 4.90 Å². The van der Waals surface area contributed by atoms with E-state index in [-0.39, 0.29) is 0 Å². The van der Waals surface area contributed by atoms with Gasteiger partial charge in [-0.15, -0.1) is 0 Å². The van der Waals surface area contributed by atoms with E-state index in [2.05, 4.69) is 37.1 Å². The van der Waals surface area contributed by atoms with Crippen LogP contribution in [0.3, 0.4) is 0 Å². The average molecular weight is 306 g/mol. The lowest BCUT2D eigenvalue weighted by Crippen LogP contribution is -2.35. The molecule has 1 saturated heterocycles. The van der Waals surface area contributed by atoms with Crippen LogP contribution in [0.15, 0.2) is 55.5 Å². The Morgan fingerprint density at radius 3 is 2.61 bits per heavy atom. The topological polar surface area (TPSA) is 59.7 Å². The summed E-state index contributed by atoms with van der Waals surface area (Å²) in [6.45, 7) is 1.93. The Labute approximate surface area is 134 Å². The number of nitrogens with zero attached hydrogens (tertiary/aromatic N) is 6. The summed E-state index contributed by atoms with van der Waals surface area (Å²) < 4.78 is 1.97. The van der Waals surface area contributed by atoms with Crippen molar-refractivity contribution in [1.29, 1.82) is 0 Å². The Balaban J connectivity index is 1.56. The molecule has 0 N–H and O–H groups in total. The van der Waals surface area contributed by atoms with Crippen molar-refractivity contribution in [3.63, 3.8) is 0 Å². The van der Waals surface area contributed by atoms with Crippen LogP contribution < -0.4 is 4.90 Å². The summed E-state index contributed by atoms with van der Waals surface area (Å²) in [5.41, 5.74) is 2.24. The number of pyridine rings is 2. The summed E-state index contributed by atoms with van der Waals surface area (Å²) in [6, 6.07) is 8.56. The van der Waals surface area contributed by atoms with Gasteiger partial charge in [-0.05, 0) is 31.0 Å². The van der Waals surface area contributed by atoms with Gasteiger partial charge in [0.2, 0.25) is 0 Å². The minimum absolute atomic E-state index is 0.430. The van der Waals surface area contributed by atoms with Crippen molar-refractivity contribution in [2.24, 2.45) is 0 Å². The second-order valence-electron chi connectivity index (χ2n) is 5.71. The minimum Gasteiger partial charge on any atom is -0.356 e. The highest BCUT2D eigenvalue weighted by molar-refractivity contribution is 5.75. The molecule has 1 fully saturated rings. The molecule has 3 aromatic heterocycles. The zero-order valence-corrected chi connectivity index (χ0v) is 12.8. The summed E-state index contributed by atoms with van der Waals surface area (Å²) in [6.07, 6.45) is 11.1. The first-order chi connectivity index (χ1) is 11.4. The summed E-state index contributed by atoms with van der Waals surface area (Å²) in [7, 11) is 0. The number of aromatic nitrogens is 5. The molecule has 0 bridgehead atoms. The van der Waals surface area contributed by atoms with E-state index in [1.807, 2.05) is 35.5 Å². The molecule has 6 heteroatoms. The fourth-order valence-corrected chi connectivity index (χ4v) is 3.14. The van der Waals surface area contributed by atoms with Crippen LogP contribution in [0.25, 0.3) is 11.1 Å². The maximum Gasteiger partial charge on any atom is 0.137 e. The molecule has 1 aliphatic heterocycles. The monoisotopic (exact) mass is 306 g/mol. The van der Waals surface area contributed by atoms with E-state index in [4.69, 9.17) is 0 Å². The molecule has 0 aliphatic carbocycles. The van der Waals surface area contributed by atoms with Crippen LogP contribution in [-0.2, 0) is 0 Å². The van der Waals surface area contributed by atoms with Crippen LogP contribution in [0, 0.1) is 0 Å². The zero-order chi connectivity index (χ0) is 15.5. The van der Waals surface area contributed by atoms with Crippen molar-refractivity contribution in [1.82, 2.24) is 24.7 Å². The summed E-state index contributed by atoms with van der Waals surface area (Å²) in [4.78, 5) is 15.3. The maximum atomic E-state index is 4.63. The Bertz CT molecular complexity index is 748. The van der Waals surface area contributed by atoms with Gasteiger partial charge in [0.1, 0.15) is 18.5 Å². The van der Waals surface area contributed by atoms with E-state index >= 15 is 0 Å². The Morgan fingerprint density at radius 2 is 1.87 bits per heavy atom. The van der Waals surface area contributed by atoms with Crippen LogP contribution in [0.5, 0.6) is 0 Å². The second-order valence-corrected chi connectivity index (χ2v) is 5.71. The lowest BCUT2D eigenvalue weighted by atomic mass is 10.0. The Morgan fingerprint density at radius 1 is 1.00 bits per heavy atom. The summed E-state index contributed by atoms with van der Waals surface area (Å²) in [5, 5.41) is 4.27. The van der Waals surface area contributed by atoms with E-state index in [0.29, 0.717) is 6.04 Å². The van der Waals surface area contributed by atoms with E-state index in [9.17, 15) is 0 Å². The molecule has 0 aromatic carbocycles. The van der Waals surface area contributed by atoms with Crippen molar-refractivity contribution < 1.29 is 0 Å². The molecule has 1 aliphatic rings. The lowest BCUT2D eigenvalue weighted by Gasteiger charge is -2.33. The smallest absolute Gasteiger partial charge is 0.137 e. The number of piperidine rings is 1. The third-order valence-electron chi connectivity index (χ3n) is 4.33. The Kier molecular flexibility index (Phi) is 3.71. The van der Waals surface area contributed by atoms with Crippen molar-refractivity contribution in [3.05, 3.63) is 55.5 Å². The average Bonchev–Trinajstić information content (AvgIpc) is 3.17. The molecule has 6 nitrogen and oxygen atoms in total. The van der Waals surface area contributed by atoms with E-state index in [1.54, 1.807) is 12.5 Å². The van der Waals surface area contributed by atoms with Gasteiger partial charge >= 0.3 is 0 Å². The summed E-state index contributed by atoms with van der Waals surface area (Å²) >= 11 is 0. The molecular formula is C17H18N6. The van der Waals surface area contributed by atoms with Gasteiger partial charge in [-0.1, -0.05) is 6.07 Å². The summed E-state index contributed by atoms with van der Waals surface area (Å²) in [5.74, 6) is 1.04. The van der Waals surface area contributed by atoms with Gasteiger partial charge in [-0.25, -0.2) is 14.6 Å². The SMILES string of the molecule is c1cncc(-c2cccnc2N2CCC(n3cncn3)CC2)c1. The molecule has 3 aromatic rings. The molecule has 0 spiro atoms. The number of hydrogen-bond acceptors (Lipinski definition) is 5. The van der Waals surface area contributed by atoms with Crippen molar-refractivity contribution >= 4 is 5.82 Å². The van der Waals surface area contributed by atoms with E-state index < -0.39 is 0 Å². The van der Waals surface area contributed by atoms with Crippen molar-refractivity contribution in [2.45, 2.75) is 18.9 Å². The molecule has 0 unspecified atom stereocenters. The number of rotatable bonds is 3. The molecule has 23 heavy (non-hydrogen) atoms. The predicted octanol–water partition coefficient (Wildman–Crippen LogP) is 2.58. The van der Waals surface area contributed by atoms with E-state index in [0.717, 1.165) is 42.9 Å². The van der Waals surface area contributed by atoms with Gasteiger partial charge in [0, 0.05) is 42.8 Å². The largest absolute Gasteiger partial charge is 0.356 e. The standard InChI is InChI=1S/C17H18N6/c1-3-14(11-18-7-1)16-4-2-8-20-17(16)22-9-5-15(6-10-22)23-13-19-12-21-23/h1-4,7-8,11-13,15H,5-6,9-10H2. The van der Waals surface area contributed by atoms with Crippen LogP contribution >= 0.6 is 0 Å². The highest BCUT2D eigenvalue weighted by Crippen LogP contribution is 2.31. The normalized spacial score (nSPS) is 15.7. The molecule has 0 radical (unpaired) electrons. The van der Waals surface area contributed by atoms with Gasteiger partial charge in [0.05, 0.1) is 6.04 Å². The maximum absolute atomic E-state index is 4.63. The van der Waals surface area contributed by atoms with Crippen LogP contribution in [0.1, 0.15) is 18.9 Å². The fourth-order valence-electron chi connectivity index (χ4n) is 3.14. The molecule has 4 heterocycles. The van der Waals surface area contributed by atoms with Crippen molar-refractivity contribution in [2.75, 3.05) is 18.0 Å². The Hall–Kier alpha value is -2.76. The number of anilines is 1. The molecular weight excluding hydrogens is 288 g/mol. The van der Waals surface area contributed by atoms with E-state index in [1.165, 1.54) is 0 Å². The van der Waals surface area contributed by atoms with Crippen molar-refractivity contribution in [3.8, 4) is 11.1 Å². The van der Waals surface area contributed by atoms with Gasteiger partial charge in [0.25, 0.3) is 0 Å². The first kappa shape index (κ1) is 13.9. The fraction of sp³-hybridized carbons (Fsp3) is 0.294. The number of hydrogen-bond donors (Lipinski definition) is 0. The third kappa shape index (κ3) is 2.79. The molecule has 0 atom stereocenters. The van der Waals surface area contributed by atoms with Gasteiger partial charge in [0.15, 0.2) is 0 Å². The molecule has 0 saturated carbocycles. The van der Waals surface area contributed by atoms with Gasteiger partial charge in [-0.3, -0.25) is 4.98 Å². The molecule has 4 rings (SSSR count). The quantitative estimate of drug-likeness (QED) is 0.744. The second kappa shape index (κ2) is 6.16. The van der Waals surface area contributed by atoms with Crippen LogP contribution in [0.4, 0.5) is 5.82 Å². The lowest BCUT2D eigenvalue weighted by molar-refractivity contribution is 0.365. The third-order valence-corrected chi connectivity index (χ3v) is 4.33. The predicted molar refractivity (Wildman–Crippen MR) is 88.0 cm³/mol. The molecule has 116 valence electrons. The minimum atomic E-state index is 0.430. The first-order valence-corrected chi connectivity index (χ1v) is 7.86. The highest BCUT2D eigenvalue weighted by Gasteiger charge is 2.23. The van der Waals surface area contributed by atoms with Crippen LogP contribution in [0.2, 0.25) is 0 Å². The first-order valence-electron chi connectivity index (χ1n) is 7.86.